The van der Waals surface area contributed by atoms with E-state index in [0.717, 1.165) is 83.5 Å². The lowest BCUT2D eigenvalue weighted by atomic mass is 10.0. The molecule has 0 aromatic heterocycles. The first-order chi connectivity index (χ1) is 32.6. The van der Waals surface area contributed by atoms with Crippen LogP contribution in [0.3, 0.4) is 0 Å². The summed E-state index contributed by atoms with van der Waals surface area (Å²) in [7, 11) is 1.65. The lowest BCUT2D eigenvalue weighted by Crippen LogP contribution is -2.37. The van der Waals surface area contributed by atoms with E-state index in [0.29, 0.717) is 24.1 Å². The minimum Gasteiger partial charge on any atom is -0.457 e. The number of allylic oxidation sites excluding steroid dienone is 14. The highest BCUT2D eigenvalue weighted by atomic mass is 31.2. The number of carbonyl (C=O) groups is 1. The molecule has 0 aromatic rings. The molecule has 2 unspecified atom stereocenters. The number of rotatable bonds is 50. The fourth-order valence-electron chi connectivity index (χ4n) is 7.26. The van der Waals surface area contributed by atoms with Crippen LogP contribution in [0.2, 0.25) is 0 Å². The van der Waals surface area contributed by atoms with Gasteiger partial charge in [-0.3, -0.25) is 13.8 Å². The van der Waals surface area contributed by atoms with Gasteiger partial charge < -0.3 is 18.9 Å². The molecule has 388 valence electrons. The van der Waals surface area contributed by atoms with Crippen LogP contribution in [0.15, 0.2) is 85.1 Å². The molecule has 67 heavy (non-hydrogen) atoms. The molecule has 0 saturated heterocycles. The Morgan fingerprint density at radius 3 is 1.30 bits per heavy atom. The Balaban J connectivity index is 4.12. The number of phosphoric acid groups is 1. The summed E-state index contributed by atoms with van der Waals surface area (Å²) in [6.45, 7) is 5.47. The number of likely N-dealkylation sites (N-methyl/N-ethyl adjacent to an activating group) is 1. The van der Waals surface area contributed by atoms with Crippen molar-refractivity contribution in [3.63, 3.8) is 0 Å². The van der Waals surface area contributed by atoms with Gasteiger partial charge >= 0.3 is 13.8 Å². The third-order valence-electron chi connectivity index (χ3n) is 11.4. The van der Waals surface area contributed by atoms with Gasteiger partial charge in [-0.1, -0.05) is 208 Å². The predicted molar refractivity (Wildman–Crippen MR) is 288 cm³/mol. The zero-order chi connectivity index (χ0) is 49.0. The monoisotopic (exact) mass is 959 g/mol. The van der Waals surface area contributed by atoms with Crippen LogP contribution in [0, 0.1) is 0 Å². The molecule has 0 spiro atoms. The average Bonchev–Trinajstić information content (AvgIpc) is 3.29. The van der Waals surface area contributed by atoms with Gasteiger partial charge in [0.1, 0.15) is 19.3 Å². The molecule has 8 nitrogen and oxygen atoms in total. The molecule has 0 aliphatic carbocycles. The van der Waals surface area contributed by atoms with Crippen molar-refractivity contribution in [2.24, 2.45) is 0 Å². The van der Waals surface area contributed by atoms with E-state index >= 15 is 0 Å². The smallest absolute Gasteiger partial charge is 0.457 e. The van der Waals surface area contributed by atoms with Gasteiger partial charge in [0.15, 0.2) is 0 Å². The molecule has 2 atom stereocenters. The second-order valence-electron chi connectivity index (χ2n) is 19.2. The minimum absolute atomic E-state index is 0.0821. The van der Waals surface area contributed by atoms with Crippen molar-refractivity contribution in [3.05, 3.63) is 85.1 Å². The quantitative estimate of drug-likeness (QED) is 0.0213. The SMILES string of the molecule is CC/C=C\C/C=C\C/C=C\C/C=C\CCCCCCCCCCCCCCCOCC(COP(=O)(O)OCC[N+](C)(C)C)OC(=O)CCCCCCCC/C=C\C/C=C\C/C=C\CCCCC. The van der Waals surface area contributed by atoms with Gasteiger partial charge in [0.25, 0.3) is 0 Å². The van der Waals surface area contributed by atoms with Crippen LogP contribution < -0.4 is 0 Å². The average molecular weight is 959 g/mol. The van der Waals surface area contributed by atoms with Crippen LogP contribution in [-0.4, -0.2) is 75.6 Å². The zero-order valence-corrected chi connectivity index (χ0v) is 45.0. The van der Waals surface area contributed by atoms with Gasteiger partial charge in [0, 0.05) is 13.0 Å². The number of hydrogen-bond acceptors (Lipinski definition) is 6. The summed E-state index contributed by atoms with van der Waals surface area (Å²) in [5, 5.41) is 0. The molecular formula is C58H105NO7P+. The summed E-state index contributed by atoms with van der Waals surface area (Å²) >= 11 is 0. The third-order valence-corrected chi connectivity index (χ3v) is 12.4. The number of nitrogens with zero attached hydrogens (tertiary/aromatic N) is 1. The van der Waals surface area contributed by atoms with Crippen LogP contribution in [0.5, 0.6) is 0 Å². The van der Waals surface area contributed by atoms with Gasteiger partial charge in [-0.05, 0) is 89.9 Å². The maximum Gasteiger partial charge on any atom is 0.472 e. The highest BCUT2D eigenvalue weighted by Crippen LogP contribution is 2.43. The largest absolute Gasteiger partial charge is 0.472 e. The zero-order valence-electron chi connectivity index (χ0n) is 44.1. The molecule has 0 radical (unpaired) electrons. The maximum absolute atomic E-state index is 12.8. The molecule has 0 bridgehead atoms. The molecule has 0 heterocycles. The molecule has 0 aromatic carbocycles. The summed E-state index contributed by atoms with van der Waals surface area (Å²) in [4.78, 5) is 23.0. The Bertz CT molecular complexity index is 1340. The van der Waals surface area contributed by atoms with Gasteiger partial charge in [0.05, 0.1) is 34.4 Å². The predicted octanol–water partition coefficient (Wildman–Crippen LogP) is 17.2. The molecule has 9 heteroatoms. The van der Waals surface area contributed by atoms with Crippen LogP contribution >= 0.6 is 7.82 Å². The van der Waals surface area contributed by atoms with E-state index in [2.05, 4.69) is 98.9 Å². The van der Waals surface area contributed by atoms with Crippen LogP contribution in [0.1, 0.15) is 219 Å². The Morgan fingerprint density at radius 1 is 0.478 bits per heavy atom. The van der Waals surface area contributed by atoms with Gasteiger partial charge in [-0.2, -0.15) is 0 Å². The summed E-state index contributed by atoms with van der Waals surface area (Å²) in [5.41, 5.74) is 0. The first-order valence-corrected chi connectivity index (χ1v) is 28.8. The van der Waals surface area contributed by atoms with E-state index in [9.17, 15) is 14.3 Å². The number of unbranched alkanes of at least 4 members (excludes halogenated alkanes) is 22. The van der Waals surface area contributed by atoms with Crippen LogP contribution in [-0.2, 0) is 27.9 Å². The van der Waals surface area contributed by atoms with E-state index < -0.39 is 13.9 Å². The number of hydrogen-bond donors (Lipinski definition) is 1. The van der Waals surface area contributed by atoms with Crippen molar-refractivity contribution >= 4 is 13.8 Å². The Hall–Kier alpha value is -2.32. The lowest BCUT2D eigenvalue weighted by molar-refractivity contribution is -0.870. The number of quaternary nitrogens is 1. The standard InChI is InChI=1S/C58H104NO7P/c1-6-8-10-12-14-16-18-20-22-24-26-27-28-29-30-31-32-34-36-38-40-42-44-46-48-50-53-63-55-57(56-65-67(61,62)64-54-52-59(3,4)5)66-58(60)51-49-47-45-43-41-39-37-35-33-25-23-21-19-17-15-13-11-9-7-2/h8,10,14-17,20-23,26-27,33,35,57H,6-7,9,11-13,18-19,24-25,28-32,34,36-56H2,1-5H3/p+1/b10-8-,16-14-,17-15-,22-20-,23-21-,27-26-,35-33-. The molecule has 0 fully saturated rings. The van der Waals surface area contributed by atoms with E-state index in [-0.39, 0.29) is 25.8 Å². The summed E-state index contributed by atoms with van der Waals surface area (Å²) in [5.74, 6) is -0.327. The lowest BCUT2D eigenvalue weighted by Gasteiger charge is -2.24. The van der Waals surface area contributed by atoms with Crippen molar-refractivity contribution in [1.29, 1.82) is 0 Å². The van der Waals surface area contributed by atoms with E-state index in [1.165, 1.54) is 116 Å². The van der Waals surface area contributed by atoms with E-state index in [1.54, 1.807) is 0 Å². The number of carbonyl (C=O) groups excluding carboxylic acids is 1. The molecule has 0 rings (SSSR count). The molecule has 0 saturated carbocycles. The van der Waals surface area contributed by atoms with Crippen LogP contribution in [0.25, 0.3) is 0 Å². The first kappa shape index (κ1) is 64.7. The number of esters is 1. The van der Waals surface area contributed by atoms with Gasteiger partial charge in [0.2, 0.25) is 0 Å². The second-order valence-corrected chi connectivity index (χ2v) is 20.7. The Morgan fingerprint density at radius 2 is 0.866 bits per heavy atom. The van der Waals surface area contributed by atoms with E-state index in [1.807, 2.05) is 21.1 Å². The fraction of sp³-hybridized carbons (Fsp3) is 0.741. The molecular weight excluding hydrogens is 854 g/mol. The first-order valence-electron chi connectivity index (χ1n) is 27.3. The molecule has 0 aliphatic rings. The summed E-state index contributed by atoms with van der Waals surface area (Å²) in [6.07, 6.45) is 67.8. The number of ether oxygens (including phenoxy) is 2. The second kappa shape index (κ2) is 50.1. The van der Waals surface area contributed by atoms with Crippen LogP contribution in [0.4, 0.5) is 0 Å². The Labute approximate surface area is 414 Å². The fourth-order valence-corrected chi connectivity index (χ4v) is 8.00. The summed E-state index contributed by atoms with van der Waals surface area (Å²) in [6, 6.07) is 0. The van der Waals surface area contributed by atoms with Gasteiger partial charge in [-0.15, -0.1) is 0 Å². The molecule has 0 aliphatic heterocycles. The molecule has 0 amide bonds. The summed E-state index contributed by atoms with van der Waals surface area (Å²) < 4.78 is 35.2. The van der Waals surface area contributed by atoms with Crippen molar-refractivity contribution < 1.29 is 37.3 Å². The van der Waals surface area contributed by atoms with E-state index in [4.69, 9.17) is 18.5 Å². The minimum atomic E-state index is -4.29. The topological polar surface area (TPSA) is 91.3 Å². The van der Waals surface area contributed by atoms with Gasteiger partial charge in [-0.25, -0.2) is 4.57 Å². The van der Waals surface area contributed by atoms with Crippen molar-refractivity contribution in [1.82, 2.24) is 0 Å². The number of phosphoric ester groups is 1. The highest BCUT2D eigenvalue weighted by Gasteiger charge is 2.26. The Kier molecular flexibility index (Phi) is 48.3. The van der Waals surface area contributed by atoms with Crippen molar-refractivity contribution in [2.45, 2.75) is 225 Å². The normalized spacial score (nSPS) is 14.2. The van der Waals surface area contributed by atoms with Crippen molar-refractivity contribution in [2.75, 3.05) is 54.1 Å². The molecule has 1 N–H and O–H groups in total. The van der Waals surface area contributed by atoms with Crippen molar-refractivity contribution in [3.8, 4) is 0 Å². The highest BCUT2D eigenvalue weighted by molar-refractivity contribution is 7.47. The third kappa shape index (κ3) is 54.5. The maximum atomic E-state index is 12.8.